The maximum Gasteiger partial charge on any atom is 0.255 e. The van der Waals surface area contributed by atoms with E-state index in [0.29, 0.717) is 10.9 Å². The van der Waals surface area contributed by atoms with Crippen LogP contribution in [0.1, 0.15) is 11.5 Å². The van der Waals surface area contributed by atoms with Crippen molar-refractivity contribution in [3.63, 3.8) is 0 Å². The molecule has 27 heavy (non-hydrogen) atoms. The van der Waals surface area contributed by atoms with Crippen LogP contribution >= 0.6 is 11.6 Å². The lowest BCUT2D eigenvalue weighted by Gasteiger charge is -2.26. The van der Waals surface area contributed by atoms with E-state index >= 15 is 0 Å². The molecule has 1 saturated heterocycles. The Bertz CT molecular complexity index is 1190. The van der Waals surface area contributed by atoms with Gasteiger partial charge in [0.1, 0.15) is 0 Å². The average molecular weight is 376 g/mol. The van der Waals surface area contributed by atoms with Gasteiger partial charge in [-0.25, -0.2) is 0 Å². The molecule has 5 heteroatoms. The van der Waals surface area contributed by atoms with Gasteiger partial charge in [-0.05, 0) is 47.0 Å². The highest BCUT2D eigenvalue weighted by atomic mass is 35.5. The molecule has 0 aliphatic carbocycles. The molecule has 4 aromatic rings. The van der Waals surface area contributed by atoms with Gasteiger partial charge in [0.2, 0.25) is 0 Å². The van der Waals surface area contributed by atoms with Gasteiger partial charge in [-0.15, -0.1) is 0 Å². The Morgan fingerprint density at radius 1 is 0.963 bits per heavy atom. The first-order chi connectivity index (χ1) is 13.2. The predicted molar refractivity (Wildman–Crippen MR) is 110 cm³/mol. The van der Waals surface area contributed by atoms with Gasteiger partial charge in [-0.2, -0.15) is 0 Å². The fourth-order valence-corrected chi connectivity index (χ4v) is 3.77. The summed E-state index contributed by atoms with van der Waals surface area (Å²) in [7, 11) is 0. The number of hydrogen-bond donors (Lipinski definition) is 2. The molecule has 5 rings (SSSR count). The van der Waals surface area contributed by atoms with E-state index in [4.69, 9.17) is 11.6 Å². The third-order valence-corrected chi connectivity index (χ3v) is 5.55. The third kappa shape index (κ3) is 2.87. The molecular weight excluding hydrogens is 358 g/mol. The summed E-state index contributed by atoms with van der Waals surface area (Å²) in [6.45, 7) is 2.06. The molecule has 1 fully saturated rings. The highest BCUT2D eigenvalue weighted by Crippen LogP contribution is 2.29. The first-order valence-corrected chi connectivity index (χ1v) is 9.37. The van der Waals surface area contributed by atoms with Crippen molar-refractivity contribution in [2.75, 3.05) is 13.1 Å². The maximum atomic E-state index is 12.7. The van der Waals surface area contributed by atoms with Gasteiger partial charge in [-0.1, -0.05) is 29.8 Å². The summed E-state index contributed by atoms with van der Waals surface area (Å²) in [5.74, 6) is 0.575. The molecule has 0 unspecified atom stereocenters. The minimum absolute atomic E-state index is 0.0585. The molecule has 1 aliphatic heterocycles. The van der Waals surface area contributed by atoms with Crippen LogP contribution in [0.15, 0.2) is 71.8 Å². The lowest BCUT2D eigenvalue weighted by molar-refractivity contribution is 0.451. The van der Waals surface area contributed by atoms with Crippen molar-refractivity contribution in [1.29, 1.82) is 0 Å². The first kappa shape index (κ1) is 16.4. The van der Waals surface area contributed by atoms with Crippen molar-refractivity contribution in [3.05, 3.63) is 87.9 Å². The SMILES string of the molecule is O=c1cc(-c2ccc(Cl)cc2)ccn1-c1ccc2c(C3CNC3)c[nH]c2c1. The predicted octanol–water partition coefficient (Wildman–Crippen LogP) is 4.33. The van der Waals surface area contributed by atoms with Crippen LogP contribution in [0.4, 0.5) is 0 Å². The molecule has 1 aliphatic rings. The van der Waals surface area contributed by atoms with Crippen molar-refractivity contribution < 1.29 is 0 Å². The van der Waals surface area contributed by atoms with Crippen LogP contribution < -0.4 is 10.9 Å². The molecule has 2 aromatic heterocycles. The van der Waals surface area contributed by atoms with Gasteiger partial charge in [0, 0.05) is 53.4 Å². The minimum atomic E-state index is -0.0585. The fourth-order valence-electron chi connectivity index (χ4n) is 3.65. The molecule has 0 radical (unpaired) electrons. The van der Waals surface area contributed by atoms with Gasteiger partial charge < -0.3 is 10.3 Å². The van der Waals surface area contributed by atoms with Crippen LogP contribution in [0.5, 0.6) is 0 Å². The molecule has 0 amide bonds. The summed E-state index contributed by atoms with van der Waals surface area (Å²) in [6.07, 6.45) is 3.92. The second-order valence-corrected chi connectivity index (χ2v) is 7.40. The smallest absolute Gasteiger partial charge is 0.255 e. The summed E-state index contributed by atoms with van der Waals surface area (Å²) >= 11 is 5.95. The monoisotopic (exact) mass is 375 g/mol. The lowest BCUT2D eigenvalue weighted by atomic mass is 9.93. The molecule has 0 saturated carbocycles. The number of hydrogen-bond acceptors (Lipinski definition) is 2. The van der Waals surface area contributed by atoms with Crippen LogP contribution in [-0.2, 0) is 0 Å². The number of nitrogens with zero attached hydrogens (tertiary/aromatic N) is 1. The number of benzene rings is 2. The Morgan fingerprint density at radius 2 is 1.78 bits per heavy atom. The van der Waals surface area contributed by atoms with E-state index in [1.54, 1.807) is 10.6 Å². The molecule has 0 bridgehead atoms. The summed E-state index contributed by atoms with van der Waals surface area (Å²) < 4.78 is 1.67. The molecule has 2 aromatic carbocycles. The first-order valence-electron chi connectivity index (χ1n) is 9.00. The van der Waals surface area contributed by atoms with Crippen molar-refractivity contribution in [1.82, 2.24) is 14.9 Å². The van der Waals surface area contributed by atoms with E-state index in [9.17, 15) is 4.79 Å². The Hall–Kier alpha value is -2.82. The quantitative estimate of drug-likeness (QED) is 0.560. The van der Waals surface area contributed by atoms with Crippen molar-refractivity contribution in [2.24, 2.45) is 0 Å². The van der Waals surface area contributed by atoms with Gasteiger partial charge >= 0.3 is 0 Å². The molecule has 0 spiro atoms. The van der Waals surface area contributed by atoms with Crippen LogP contribution in [0, 0.1) is 0 Å². The normalized spacial score (nSPS) is 14.4. The second kappa shape index (κ2) is 6.41. The zero-order valence-corrected chi connectivity index (χ0v) is 15.3. The number of nitrogens with one attached hydrogen (secondary N) is 2. The van der Waals surface area contributed by atoms with Gasteiger partial charge in [0.25, 0.3) is 5.56 Å². The summed E-state index contributed by atoms with van der Waals surface area (Å²) in [5, 5.41) is 5.23. The Kier molecular flexibility index (Phi) is 3.88. The Labute approximate surface area is 161 Å². The Morgan fingerprint density at radius 3 is 2.48 bits per heavy atom. The number of halogens is 1. The Balaban J connectivity index is 1.52. The van der Waals surface area contributed by atoms with Gasteiger partial charge in [-0.3, -0.25) is 9.36 Å². The molecule has 4 nitrogen and oxygen atoms in total. The highest BCUT2D eigenvalue weighted by Gasteiger charge is 2.21. The van der Waals surface area contributed by atoms with E-state index in [1.807, 2.05) is 48.7 Å². The zero-order valence-electron chi connectivity index (χ0n) is 14.6. The van der Waals surface area contributed by atoms with Crippen molar-refractivity contribution >= 4 is 22.5 Å². The second-order valence-electron chi connectivity index (χ2n) is 6.96. The van der Waals surface area contributed by atoms with Crippen LogP contribution in [0.3, 0.4) is 0 Å². The lowest BCUT2D eigenvalue weighted by Crippen LogP contribution is -2.39. The van der Waals surface area contributed by atoms with Crippen LogP contribution in [0.2, 0.25) is 5.02 Å². The maximum absolute atomic E-state index is 12.7. The van der Waals surface area contributed by atoms with E-state index in [2.05, 4.69) is 22.6 Å². The molecule has 2 N–H and O–H groups in total. The third-order valence-electron chi connectivity index (χ3n) is 5.29. The topological polar surface area (TPSA) is 49.8 Å². The van der Waals surface area contributed by atoms with Crippen molar-refractivity contribution in [3.8, 4) is 16.8 Å². The number of pyridine rings is 1. The summed E-state index contributed by atoms with van der Waals surface area (Å²) in [6, 6.07) is 17.3. The standard InChI is InChI=1S/C22H18ClN3O/c23-17-3-1-14(2-4-17)15-7-8-26(22(27)9-15)18-5-6-19-20(16-11-24-12-16)13-25-21(19)10-18/h1-10,13,16,24-25H,11-12H2. The van der Waals surface area contributed by atoms with Crippen LogP contribution in [0.25, 0.3) is 27.7 Å². The largest absolute Gasteiger partial charge is 0.361 e. The average Bonchev–Trinajstić information content (AvgIpc) is 3.04. The van der Waals surface area contributed by atoms with E-state index in [1.165, 1.54) is 10.9 Å². The number of H-pyrrole nitrogens is 1. The van der Waals surface area contributed by atoms with Crippen molar-refractivity contribution in [2.45, 2.75) is 5.92 Å². The molecule has 0 atom stereocenters. The minimum Gasteiger partial charge on any atom is -0.361 e. The van der Waals surface area contributed by atoms with Gasteiger partial charge in [0.05, 0.1) is 5.69 Å². The number of fused-ring (bicyclic) bond motifs is 1. The number of aromatic amines is 1. The summed E-state index contributed by atoms with van der Waals surface area (Å²) in [5.41, 5.74) is 5.06. The summed E-state index contributed by atoms with van der Waals surface area (Å²) in [4.78, 5) is 16.1. The molecule has 134 valence electrons. The van der Waals surface area contributed by atoms with E-state index < -0.39 is 0 Å². The van der Waals surface area contributed by atoms with Crippen LogP contribution in [-0.4, -0.2) is 22.6 Å². The van der Waals surface area contributed by atoms with Gasteiger partial charge in [0.15, 0.2) is 0 Å². The zero-order chi connectivity index (χ0) is 18.4. The number of aromatic nitrogens is 2. The van der Waals surface area contributed by atoms with E-state index in [0.717, 1.165) is 35.4 Å². The number of rotatable bonds is 3. The fraction of sp³-hybridized carbons (Fsp3) is 0.136. The highest BCUT2D eigenvalue weighted by molar-refractivity contribution is 6.30. The van der Waals surface area contributed by atoms with E-state index in [-0.39, 0.29) is 5.56 Å². The molecule has 3 heterocycles. The molecular formula is C22H18ClN3O.